The number of hydrogen-bond donors (Lipinski definition) is 1. The third-order valence-corrected chi connectivity index (χ3v) is 5.61. The first kappa shape index (κ1) is 17.6. The number of aryl methyl sites for hydroxylation is 1. The van der Waals surface area contributed by atoms with Gasteiger partial charge in [-0.05, 0) is 43.2 Å². The van der Waals surface area contributed by atoms with Crippen molar-refractivity contribution in [1.82, 2.24) is 9.88 Å². The molecule has 0 spiro atoms. The average Bonchev–Trinajstić information content (AvgIpc) is 3.19. The summed E-state index contributed by atoms with van der Waals surface area (Å²) in [4.78, 5) is 18.2. The Kier molecular flexibility index (Phi) is 5.10. The number of benzene rings is 2. The Morgan fingerprint density at radius 1 is 1.00 bits per heavy atom. The van der Waals surface area contributed by atoms with E-state index < -0.39 is 0 Å². The van der Waals surface area contributed by atoms with Gasteiger partial charge in [-0.25, -0.2) is 0 Å². The molecule has 138 valence electrons. The summed E-state index contributed by atoms with van der Waals surface area (Å²) in [7, 11) is 0. The van der Waals surface area contributed by atoms with Gasteiger partial charge in [0.2, 0.25) is 0 Å². The fourth-order valence-electron chi connectivity index (χ4n) is 3.97. The molecule has 0 saturated carbocycles. The number of aromatic nitrogens is 1. The molecule has 1 amide bonds. The number of likely N-dealkylation sites (tertiary alicyclic amines) is 1. The Balaban J connectivity index is 1.42. The molecule has 4 rings (SSSR count). The van der Waals surface area contributed by atoms with Crippen LogP contribution in [0.1, 0.15) is 34.3 Å². The molecule has 3 heteroatoms. The molecule has 2 aromatic carbocycles. The Bertz CT molecular complexity index is 888. The fourth-order valence-corrected chi connectivity index (χ4v) is 3.97. The summed E-state index contributed by atoms with van der Waals surface area (Å²) < 4.78 is 0. The molecule has 0 atom stereocenters. The second kappa shape index (κ2) is 7.83. The van der Waals surface area contributed by atoms with E-state index in [1.165, 1.54) is 11.1 Å². The lowest BCUT2D eigenvalue weighted by molar-refractivity contribution is 0.0691. The number of aromatic amines is 1. The second-order valence-corrected chi connectivity index (χ2v) is 7.57. The molecule has 1 saturated heterocycles. The van der Waals surface area contributed by atoms with E-state index in [0.717, 1.165) is 49.0 Å². The zero-order valence-electron chi connectivity index (χ0n) is 15.8. The van der Waals surface area contributed by atoms with E-state index in [0.29, 0.717) is 5.92 Å². The zero-order chi connectivity index (χ0) is 18.6. The summed E-state index contributed by atoms with van der Waals surface area (Å²) >= 11 is 0. The Labute approximate surface area is 161 Å². The first-order valence-corrected chi connectivity index (χ1v) is 9.78. The van der Waals surface area contributed by atoms with Crippen molar-refractivity contribution < 1.29 is 4.79 Å². The van der Waals surface area contributed by atoms with Crippen LogP contribution in [0.4, 0.5) is 0 Å². The van der Waals surface area contributed by atoms with Crippen LogP contribution in [-0.4, -0.2) is 28.9 Å². The highest BCUT2D eigenvalue weighted by molar-refractivity contribution is 6.00. The third kappa shape index (κ3) is 3.97. The van der Waals surface area contributed by atoms with Crippen molar-refractivity contribution >= 4 is 5.91 Å². The SMILES string of the molecule is Cc1ccc(-c2c[nH]cc2C(=O)N2CCC(Cc3ccccc3)CC2)cc1. The van der Waals surface area contributed by atoms with Crippen molar-refractivity contribution in [3.63, 3.8) is 0 Å². The van der Waals surface area contributed by atoms with Crippen molar-refractivity contribution in [3.8, 4) is 11.1 Å². The number of nitrogens with zero attached hydrogens (tertiary/aromatic N) is 1. The quantitative estimate of drug-likeness (QED) is 0.693. The van der Waals surface area contributed by atoms with Crippen molar-refractivity contribution in [2.24, 2.45) is 5.92 Å². The maximum absolute atomic E-state index is 13.1. The number of rotatable bonds is 4. The van der Waals surface area contributed by atoms with Gasteiger partial charge in [-0.1, -0.05) is 60.2 Å². The molecule has 0 bridgehead atoms. The molecular formula is C24H26N2O. The normalized spacial score (nSPS) is 15.1. The van der Waals surface area contributed by atoms with Gasteiger partial charge in [0, 0.05) is 31.0 Å². The van der Waals surface area contributed by atoms with Gasteiger partial charge in [-0.15, -0.1) is 0 Å². The molecule has 1 aliphatic rings. The van der Waals surface area contributed by atoms with Crippen LogP contribution in [0.3, 0.4) is 0 Å². The summed E-state index contributed by atoms with van der Waals surface area (Å²) in [5.41, 5.74) is 5.48. The number of amides is 1. The second-order valence-electron chi connectivity index (χ2n) is 7.57. The molecule has 0 radical (unpaired) electrons. The van der Waals surface area contributed by atoms with Crippen molar-refractivity contribution in [2.45, 2.75) is 26.2 Å². The van der Waals surface area contributed by atoms with Crippen LogP contribution < -0.4 is 0 Å². The number of H-pyrrole nitrogens is 1. The Hall–Kier alpha value is -2.81. The molecule has 3 nitrogen and oxygen atoms in total. The van der Waals surface area contributed by atoms with Gasteiger partial charge in [0.05, 0.1) is 5.56 Å². The summed E-state index contributed by atoms with van der Waals surface area (Å²) in [6.45, 7) is 3.76. The molecule has 0 unspecified atom stereocenters. The maximum atomic E-state index is 13.1. The van der Waals surface area contributed by atoms with E-state index in [-0.39, 0.29) is 5.91 Å². The van der Waals surface area contributed by atoms with E-state index in [2.05, 4.69) is 66.5 Å². The molecule has 27 heavy (non-hydrogen) atoms. The lowest BCUT2D eigenvalue weighted by atomic mass is 9.90. The van der Waals surface area contributed by atoms with Gasteiger partial charge in [-0.2, -0.15) is 0 Å². The van der Waals surface area contributed by atoms with Crippen molar-refractivity contribution in [1.29, 1.82) is 0 Å². The fraction of sp³-hybridized carbons (Fsp3) is 0.292. The minimum absolute atomic E-state index is 0.144. The standard InChI is InChI=1S/C24H26N2O/c1-18-7-9-21(10-8-18)22-16-25-17-23(22)24(27)26-13-11-20(12-14-26)15-19-5-3-2-4-6-19/h2-10,16-17,20,25H,11-15H2,1H3. The van der Waals surface area contributed by atoms with Crippen LogP contribution in [-0.2, 0) is 6.42 Å². The predicted molar refractivity (Wildman–Crippen MR) is 110 cm³/mol. The number of carbonyl (C=O) groups is 1. The number of piperidine rings is 1. The lowest BCUT2D eigenvalue weighted by Gasteiger charge is -2.32. The molecule has 1 aliphatic heterocycles. The maximum Gasteiger partial charge on any atom is 0.256 e. The van der Waals surface area contributed by atoms with Crippen LogP contribution in [0.2, 0.25) is 0 Å². The van der Waals surface area contributed by atoms with Gasteiger partial charge in [-0.3, -0.25) is 4.79 Å². The van der Waals surface area contributed by atoms with Gasteiger partial charge in [0.25, 0.3) is 5.91 Å². The molecule has 0 aliphatic carbocycles. The third-order valence-electron chi connectivity index (χ3n) is 5.61. The predicted octanol–water partition coefficient (Wildman–Crippen LogP) is 5.09. The largest absolute Gasteiger partial charge is 0.366 e. The summed E-state index contributed by atoms with van der Waals surface area (Å²) in [6, 6.07) is 19.0. The molecule has 1 N–H and O–H groups in total. The first-order chi connectivity index (χ1) is 13.2. The van der Waals surface area contributed by atoms with Crippen LogP contribution in [0.15, 0.2) is 67.0 Å². The molecule has 1 fully saturated rings. The van der Waals surface area contributed by atoms with Gasteiger partial charge in [0.1, 0.15) is 0 Å². The highest BCUT2D eigenvalue weighted by atomic mass is 16.2. The van der Waals surface area contributed by atoms with Crippen molar-refractivity contribution in [2.75, 3.05) is 13.1 Å². The summed E-state index contributed by atoms with van der Waals surface area (Å²) in [5.74, 6) is 0.809. The lowest BCUT2D eigenvalue weighted by Crippen LogP contribution is -2.39. The first-order valence-electron chi connectivity index (χ1n) is 9.78. The zero-order valence-corrected chi connectivity index (χ0v) is 15.8. The number of carbonyl (C=O) groups excluding carboxylic acids is 1. The Morgan fingerprint density at radius 2 is 1.70 bits per heavy atom. The number of hydrogen-bond acceptors (Lipinski definition) is 1. The highest BCUT2D eigenvalue weighted by Crippen LogP contribution is 2.27. The molecular weight excluding hydrogens is 332 g/mol. The smallest absolute Gasteiger partial charge is 0.256 e. The van der Waals surface area contributed by atoms with E-state index >= 15 is 0 Å². The van der Waals surface area contributed by atoms with E-state index in [4.69, 9.17) is 0 Å². The van der Waals surface area contributed by atoms with E-state index in [9.17, 15) is 4.79 Å². The van der Waals surface area contributed by atoms with E-state index in [1.54, 1.807) is 0 Å². The highest BCUT2D eigenvalue weighted by Gasteiger charge is 2.25. The molecule has 2 heterocycles. The van der Waals surface area contributed by atoms with Crippen LogP contribution in [0, 0.1) is 12.8 Å². The average molecular weight is 358 g/mol. The molecule has 3 aromatic rings. The Morgan fingerprint density at radius 3 is 2.41 bits per heavy atom. The molecule has 1 aromatic heterocycles. The van der Waals surface area contributed by atoms with Gasteiger partial charge < -0.3 is 9.88 Å². The minimum Gasteiger partial charge on any atom is -0.366 e. The van der Waals surface area contributed by atoms with E-state index in [1.807, 2.05) is 17.3 Å². The van der Waals surface area contributed by atoms with Crippen LogP contribution in [0.5, 0.6) is 0 Å². The van der Waals surface area contributed by atoms with Gasteiger partial charge >= 0.3 is 0 Å². The summed E-state index contributed by atoms with van der Waals surface area (Å²) in [6.07, 6.45) is 7.03. The van der Waals surface area contributed by atoms with Gasteiger partial charge in [0.15, 0.2) is 0 Å². The summed E-state index contributed by atoms with van der Waals surface area (Å²) in [5, 5.41) is 0. The number of nitrogens with one attached hydrogen (secondary N) is 1. The van der Waals surface area contributed by atoms with Crippen molar-refractivity contribution in [3.05, 3.63) is 83.7 Å². The monoisotopic (exact) mass is 358 g/mol. The van der Waals surface area contributed by atoms with Crippen LogP contribution >= 0.6 is 0 Å². The topological polar surface area (TPSA) is 36.1 Å². The van der Waals surface area contributed by atoms with Crippen LogP contribution in [0.25, 0.3) is 11.1 Å². The minimum atomic E-state index is 0.144.